The molecule has 130 valence electrons. The summed E-state index contributed by atoms with van der Waals surface area (Å²) in [5, 5.41) is -1.04. The number of hydrogen-bond donors (Lipinski definition) is 2. The van der Waals surface area contributed by atoms with Crippen molar-refractivity contribution in [1.29, 1.82) is 0 Å². The maximum Gasteiger partial charge on any atom is 0.355 e. The van der Waals surface area contributed by atoms with E-state index in [0.29, 0.717) is 22.8 Å². The van der Waals surface area contributed by atoms with Crippen LogP contribution >= 0.6 is 19.2 Å². The summed E-state index contributed by atoms with van der Waals surface area (Å²) in [6.45, 7) is 3.89. The highest BCUT2D eigenvalue weighted by atomic mass is 35.5. The molecule has 2 rings (SSSR count). The molecule has 0 amide bonds. The molecule has 1 unspecified atom stereocenters. The van der Waals surface area contributed by atoms with E-state index in [2.05, 4.69) is 0 Å². The van der Waals surface area contributed by atoms with E-state index in [0.717, 1.165) is 0 Å². The minimum absolute atomic E-state index is 0.152. The third-order valence-corrected chi connectivity index (χ3v) is 6.21. The fraction of sp³-hybridized carbons (Fsp3) is 0.294. The van der Waals surface area contributed by atoms with Crippen LogP contribution in [0, 0.1) is 5.82 Å². The normalized spacial score (nSPS) is 14.2. The zero-order valence-corrected chi connectivity index (χ0v) is 15.1. The van der Waals surface area contributed by atoms with Gasteiger partial charge in [-0.15, -0.1) is 0 Å². The fourth-order valence-corrected chi connectivity index (χ4v) is 4.67. The molecule has 2 N–H and O–H groups in total. The number of rotatable bonds is 6. The molecule has 2 aromatic rings. The van der Waals surface area contributed by atoms with Gasteiger partial charge in [-0.05, 0) is 55.3 Å². The predicted molar refractivity (Wildman–Crippen MR) is 94.9 cm³/mol. The van der Waals surface area contributed by atoms with Crippen molar-refractivity contribution < 1.29 is 18.7 Å². The van der Waals surface area contributed by atoms with Gasteiger partial charge in [0, 0.05) is 17.3 Å². The van der Waals surface area contributed by atoms with E-state index in [-0.39, 0.29) is 6.42 Å². The lowest BCUT2D eigenvalue weighted by molar-refractivity contribution is 0.314. The van der Waals surface area contributed by atoms with Crippen LogP contribution in [0.15, 0.2) is 48.5 Å². The van der Waals surface area contributed by atoms with Gasteiger partial charge in [0.05, 0.1) is 0 Å². The highest BCUT2D eigenvalue weighted by molar-refractivity contribution is 7.53. The molecule has 0 aliphatic carbocycles. The van der Waals surface area contributed by atoms with E-state index in [1.165, 1.54) is 24.3 Å². The highest BCUT2D eigenvalue weighted by Crippen LogP contribution is 2.61. The van der Waals surface area contributed by atoms with Gasteiger partial charge in [-0.1, -0.05) is 30.7 Å². The third-order valence-electron chi connectivity index (χ3n) is 4.18. The monoisotopic (exact) mass is 371 g/mol. The zero-order valence-electron chi connectivity index (χ0n) is 13.5. The Morgan fingerprint density at radius 3 is 2.04 bits per heavy atom. The Morgan fingerprint density at radius 1 is 1.08 bits per heavy atom. The SMILES string of the molecule is CCN(c1ccc(Cl)cc1)C(CC)(c1ccc(F)cc1)P(=O)(O)O. The summed E-state index contributed by atoms with van der Waals surface area (Å²) in [7, 11) is -4.62. The summed E-state index contributed by atoms with van der Waals surface area (Å²) in [4.78, 5) is 22.1. The summed E-state index contributed by atoms with van der Waals surface area (Å²) in [6, 6.07) is 12.1. The van der Waals surface area contributed by atoms with Crippen LogP contribution < -0.4 is 4.90 Å². The topological polar surface area (TPSA) is 60.8 Å². The van der Waals surface area contributed by atoms with Crippen molar-refractivity contribution in [2.45, 2.75) is 25.5 Å². The van der Waals surface area contributed by atoms with Crippen molar-refractivity contribution in [3.05, 3.63) is 64.9 Å². The average Bonchev–Trinajstić information content (AvgIpc) is 2.53. The second-order valence-electron chi connectivity index (χ2n) is 5.44. The number of benzene rings is 2. The molecule has 2 aromatic carbocycles. The van der Waals surface area contributed by atoms with Crippen molar-refractivity contribution in [2.24, 2.45) is 0 Å². The van der Waals surface area contributed by atoms with Crippen molar-refractivity contribution in [1.82, 2.24) is 0 Å². The standard InChI is InChI=1S/C17H20ClFNO3P/c1-3-17(24(21,22)23,13-5-9-15(19)10-6-13)20(4-2)16-11-7-14(18)8-12-16/h5-12H,3-4H2,1-2H3,(H2,21,22,23). The summed E-state index contributed by atoms with van der Waals surface area (Å²) >= 11 is 5.92. The van der Waals surface area contributed by atoms with Crippen LogP contribution in [0.3, 0.4) is 0 Å². The summed E-state index contributed by atoms with van der Waals surface area (Å²) < 4.78 is 25.8. The Bertz CT molecular complexity index is 733. The van der Waals surface area contributed by atoms with Gasteiger partial charge in [0.2, 0.25) is 0 Å². The van der Waals surface area contributed by atoms with Crippen molar-refractivity contribution in [2.75, 3.05) is 11.4 Å². The van der Waals surface area contributed by atoms with Gasteiger partial charge < -0.3 is 14.7 Å². The van der Waals surface area contributed by atoms with Crippen molar-refractivity contribution >= 4 is 24.9 Å². The molecule has 0 saturated heterocycles. The quantitative estimate of drug-likeness (QED) is 0.720. The highest BCUT2D eigenvalue weighted by Gasteiger charge is 2.51. The van der Waals surface area contributed by atoms with Gasteiger partial charge in [0.1, 0.15) is 5.82 Å². The molecular weight excluding hydrogens is 352 g/mol. The van der Waals surface area contributed by atoms with Gasteiger partial charge in [-0.2, -0.15) is 0 Å². The molecule has 0 aliphatic heterocycles. The molecule has 0 heterocycles. The maximum absolute atomic E-state index is 13.3. The Hall–Kier alpha value is -1.39. The van der Waals surface area contributed by atoms with Crippen LogP contribution in [-0.2, 0) is 9.85 Å². The van der Waals surface area contributed by atoms with Crippen LogP contribution in [0.2, 0.25) is 5.02 Å². The second kappa shape index (κ2) is 7.24. The minimum Gasteiger partial charge on any atom is -0.352 e. The lowest BCUT2D eigenvalue weighted by Crippen LogP contribution is -2.46. The van der Waals surface area contributed by atoms with E-state index >= 15 is 0 Å². The molecule has 0 aliphatic rings. The van der Waals surface area contributed by atoms with Gasteiger partial charge in [0.25, 0.3) is 0 Å². The minimum atomic E-state index is -4.62. The lowest BCUT2D eigenvalue weighted by Gasteiger charge is -2.45. The van der Waals surface area contributed by atoms with E-state index in [1.54, 1.807) is 36.1 Å². The molecule has 1 atom stereocenters. The van der Waals surface area contributed by atoms with Gasteiger partial charge >= 0.3 is 7.60 Å². The van der Waals surface area contributed by atoms with Crippen molar-refractivity contribution in [3.63, 3.8) is 0 Å². The fourth-order valence-electron chi connectivity index (χ4n) is 3.08. The first-order valence-electron chi connectivity index (χ1n) is 7.61. The van der Waals surface area contributed by atoms with Gasteiger partial charge in [-0.25, -0.2) is 4.39 Å². The van der Waals surface area contributed by atoms with Crippen LogP contribution in [0.4, 0.5) is 10.1 Å². The molecule has 0 fully saturated rings. The Labute approximate surface area is 146 Å². The van der Waals surface area contributed by atoms with Gasteiger partial charge in [-0.3, -0.25) is 4.57 Å². The molecule has 0 saturated carbocycles. The molecule has 0 radical (unpaired) electrons. The largest absolute Gasteiger partial charge is 0.355 e. The van der Waals surface area contributed by atoms with Gasteiger partial charge in [0.15, 0.2) is 5.28 Å². The third kappa shape index (κ3) is 3.35. The first-order chi connectivity index (χ1) is 11.3. The Kier molecular flexibility index (Phi) is 5.71. The number of nitrogens with zero attached hydrogens (tertiary/aromatic N) is 1. The molecule has 0 aromatic heterocycles. The molecule has 0 bridgehead atoms. The van der Waals surface area contributed by atoms with E-state index in [1.807, 2.05) is 6.92 Å². The summed E-state index contributed by atoms with van der Waals surface area (Å²) in [6.07, 6.45) is 0.152. The van der Waals surface area contributed by atoms with E-state index in [4.69, 9.17) is 11.6 Å². The predicted octanol–water partition coefficient (Wildman–Crippen LogP) is 4.75. The number of hydrogen-bond acceptors (Lipinski definition) is 2. The second-order valence-corrected chi connectivity index (χ2v) is 7.71. The molecule has 24 heavy (non-hydrogen) atoms. The van der Waals surface area contributed by atoms with Crippen molar-refractivity contribution in [3.8, 4) is 0 Å². The average molecular weight is 372 g/mol. The van der Waals surface area contributed by atoms with E-state index in [9.17, 15) is 18.7 Å². The first-order valence-corrected chi connectivity index (χ1v) is 9.60. The molecule has 0 spiro atoms. The summed E-state index contributed by atoms with van der Waals surface area (Å²) in [5.41, 5.74) is 1.01. The Balaban J connectivity index is 2.70. The van der Waals surface area contributed by atoms with Crippen LogP contribution in [0.5, 0.6) is 0 Å². The maximum atomic E-state index is 13.3. The Morgan fingerprint density at radius 2 is 1.62 bits per heavy atom. The summed E-state index contributed by atoms with van der Waals surface area (Å²) in [5.74, 6) is -0.455. The first kappa shape index (κ1) is 18.9. The van der Waals surface area contributed by atoms with Crippen LogP contribution in [-0.4, -0.2) is 16.3 Å². The number of halogens is 2. The van der Waals surface area contributed by atoms with Crippen LogP contribution in [0.25, 0.3) is 0 Å². The zero-order chi connectivity index (χ0) is 18.0. The molecule has 4 nitrogen and oxygen atoms in total. The van der Waals surface area contributed by atoms with E-state index < -0.39 is 18.7 Å². The number of anilines is 1. The smallest absolute Gasteiger partial charge is 0.352 e. The van der Waals surface area contributed by atoms with Crippen LogP contribution in [0.1, 0.15) is 25.8 Å². The molecule has 7 heteroatoms. The lowest BCUT2D eigenvalue weighted by atomic mass is 10.0. The molecular formula is C17H20ClFNO3P.